The molecule has 1 unspecified atom stereocenters. The first-order valence-electron chi connectivity index (χ1n) is 6.96. The fourth-order valence-corrected chi connectivity index (χ4v) is 3.74. The molecule has 1 aliphatic rings. The summed E-state index contributed by atoms with van der Waals surface area (Å²) in [4.78, 5) is 2.11. The lowest BCUT2D eigenvalue weighted by atomic mass is 10.0. The molecule has 1 aliphatic heterocycles. The molecular formula is C15H22F2N2S. The largest absolute Gasteiger partial charge is 0.329 e. The van der Waals surface area contributed by atoms with Crippen molar-refractivity contribution in [3.05, 3.63) is 35.4 Å². The van der Waals surface area contributed by atoms with E-state index in [-0.39, 0.29) is 22.9 Å². The van der Waals surface area contributed by atoms with Gasteiger partial charge in [-0.15, -0.1) is 0 Å². The van der Waals surface area contributed by atoms with Crippen molar-refractivity contribution in [3.8, 4) is 0 Å². The highest BCUT2D eigenvalue weighted by Gasteiger charge is 2.30. The van der Waals surface area contributed by atoms with E-state index in [0.29, 0.717) is 0 Å². The third-order valence-electron chi connectivity index (χ3n) is 3.87. The highest BCUT2D eigenvalue weighted by atomic mass is 32.2. The Balaban J connectivity index is 2.24. The normalized spacial score (nSPS) is 21.4. The van der Waals surface area contributed by atoms with Crippen LogP contribution in [0, 0.1) is 11.6 Å². The minimum Gasteiger partial charge on any atom is -0.329 e. The van der Waals surface area contributed by atoms with E-state index >= 15 is 0 Å². The zero-order chi connectivity index (χ0) is 14.8. The van der Waals surface area contributed by atoms with Crippen LogP contribution in [0.2, 0.25) is 0 Å². The second-order valence-electron chi connectivity index (χ2n) is 5.78. The first-order valence-corrected chi connectivity index (χ1v) is 7.95. The van der Waals surface area contributed by atoms with Gasteiger partial charge in [0.25, 0.3) is 0 Å². The van der Waals surface area contributed by atoms with E-state index < -0.39 is 11.6 Å². The molecule has 112 valence electrons. The van der Waals surface area contributed by atoms with E-state index in [2.05, 4.69) is 18.7 Å². The summed E-state index contributed by atoms with van der Waals surface area (Å²) < 4.78 is 28.1. The molecule has 1 aromatic carbocycles. The maximum Gasteiger partial charge on any atom is 0.130 e. The Bertz CT molecular complexity index is 445. The van der Waals surface area contributed by atoms with Gasteiger partial charge in [0, 0.05) is 35.7 Å². The molecule has 0 bridgehead atoms. The Morgan fingerprint density at radius 1 is 1.30 bits per heavy atom. The van der Waals surface area contributed by atoms with Crippen molar-refractivity contribution in [1.29, 1.82) is 0 Å². The van der Waals surface area contributed by atoms with E-state index in [0.717, 1.165) is 25.3 Å². The molecule has 1 aromatic rings. The highest BCUT2D eigenvalue weighted by molar-refractivity contribution is 8.00. The molecule has 2 nitrogen and oxygen atoms in total. The van der Waals surface area contributed by atoms with Crippen molar-refractivity contribution >= 4 is 11.8 Å². The van der Waals surface area contributed by atoms with Crippen LogP contribution in [0.4, 0.5) is 8.78 Å². The molecule has 0 aromatic heterocycles. The van der Waals surface area contributed by atoms with Crippen molar-refractivity contribution in [2.24, 2.45) is 5.73 Å². The van der Waals surface area contributed by atoms with Gasteiger partial charge < -0.3 is 5.73 Å². The minimum absolute atomic E-state index is 0.111. The number of benzene rings is 1. The zero-order valence-corrected chi connectivity index (χ0v) is 12.9. The summed E-state index contributed by atoms with van der Waals surface area (Å²) in [5.74, 6) is -0.0484. The molecule has 1 atom stereocenters. The average molecular weight is 300 g/mol. The molecule has 1 fully saturated rings. The SMILES string of the molecule is CC1(C)CCN(C(CN)c2c(F)cccc2F)CCS1. The topological polar surface area (TPSA) is 29.3 Å². The highest BCUT2D eigenvalue weighted by Crippen LogP contribution is 2.34. The molecule has 1 saturated heterocycles. The van der Waals surface area contributed by atoms with Crippen LogP contribution in [0.1, 0.15) is 31.9 Å². The summed E-state index contributed by atoms with van der Waals surface area (Å²) in [6.07, 6.45) is 0.990. The summed E-state index contributed by atoms with van der Waals surface area (Å²) in [6, 6.07) is 3.61. The molecule has 0 saturated carbocycles. The van der Waals surface area contributed by atoms with Gasteiger partial charge in [-0.2, -0.15) is 11.8 Å². The molecule has 0 radical (unpaired) electrons. The summed E-state index contributed by atoms with van der Waals surface area (Å²) >= 11 is 1.91. The molecule has 2 rings (SSSR count). The van der Waals surface area contributed by atoms with Gasteiger partial charge in [-0.1, -0.05) is 19.9 Å². The molecule has 1 heterocycles. The minimum atomic E-state index is -0.503. The fourth-order valence-electron chi connectivity index (χ4n) is 2.63. The molecule has 2 N–H and O–H groups in total. The van der Waals surface area contributed by atoms with Gasteiger partial charge in [-0.05, 0) is 18.6 Å². The van der Waals surface area contributed by atoms with Crippen LogP contribution in [-0.2, 0) is 0 Å². The maximum atomic E-state index is 14.0. The van der Waals surface area contributed by atoms with Crippen molar-refractivity contribution in [1.82, 2.24) is 4.90 Å². The molecule has 0 aliphatic carbocycles. The first-order chi connectivity index (χ1) is 9.44. The number of hydrogen-bond donors (Lipinski definition) is 1. The zero-order valence-electron chi connectivity index (χ0n) is 12.0. The lowest BCUT2D eigenvalue weighted by Gasteiger charge is -2.30. The van der Waals surface area contributed by atoms with Gasteiger partial charge >= 0.3 is 0 Å². The Kier molecular flexibility index (Phi) is 5.04. The number of thioether (sulfide) groups is 1. The lowest BCUT2D eigenvalue weighted by Crippen LogP contribution is -2.37. The van der Waals surface area contributed by atoms with E-state index in [4.69, 9.17) is 5.73 Å². The van der Waals surface area contributed by atoms with Crippen LogP contribution in [0.5, 0.6) is 0 Å². The predicted octanol–water partition coefficient (Wildman–Crippen LogP) is 3.18. The van der Waals surface area contributed by atoms with Gasteiger partial charge in [-0.25, -0.2) is 8.78 Å². The first kappa shape index (κ1) is 15.7. The second kappa shape index (κ2) is 6.41. The Hall–Kier alpha value is -0.650. The van der Waals surface area contributed by atoms with Gasteiger partial charge in [0.15, 0.2) is 0 Å². The van der Waals surface area contributed by atoms with E-state index in [1.807, 2.05) is 11.8 Å². The van der Waals surface area contributed by atoms with Crippen LogP contribution >= 0.6 is 11.8 Å². The quantitative estimate of drug-likeness (QED) is 0.929. The Labute approximate surface area is 123 Å². The fraction of sp³-hybridized carbons (Fsp3) is 0.600. The second-order valence-corrected chi connectivity index (χ2v) is 7.58. The number of nitrogens with zero attached hydrogens (tertiary/aromatic N) is 1. The molecule has 0 spiro atoms. The molecular weight excluding hydrogens is 278 g/mol. The van der Waals surface area contributed by atoms with Crippen molar-refractivity contribution in [2.75, 3.05) is 25.4 Å². The van der Waals surface area contributed by atoms with Gasteiger partial charge in [0.1, 0.15) is 11.6 Å². The number of rotatable bonds is 3. The average Bonchev–Trinajstić information content (AvgIpc) is 2.55. The Morgan fingerprint density at radius 2 is 1.95 bits per heavy atom. The van der Waals surface area contributed by atoms with Gasteiger partial charge in [-0.3, -0.25) is 4.90 Å². The van der Waals surface area contributed by atoms with Gasteiger partial charge in [0.2, 0.25) is 0 Å². The summed E-state index contributed by atoms with van der Waals surface area (Å²) in [5, 5.41) is 0. The predicted molar refractivity (Wildman–Crippen MR) is 80.9 cm³/mol. The maximum absolute atomic E-state index is 14.0. The molecule has 5 heteroatoms. The van der Waals surface area contributed by atoms with E-state index in [1.165, 1.54) is 18.2 Å². The van der Waals surface area contributed by atoms with Crippen LogP contribution in [0.15, 0.2) is 18.2 Å². The monoisotopic (exact) mass is 300 g/mol. The standard InChI is InChI=1S/C15H22F2N2S/c1-15(2)6-7-19(8-9-20-15)13(10-18)14-11(16)4-3-5-12(14)17/h3-5,13H,6-10,18H2,1-2H3. The Morgan fingerprint density at radius 3 is 2.55 bits per heavy atom. The number of halogens is 2. The summed E-state index contributed by atoms with van der Waals surface area (Å²) in [5.41, 5.74) is 5.92. The number of hydrogen-bond acceptors (Lipinski definition) is 3. The van der Waals surface area contributed by atoms with Gasteiger partial charge in [0.05, 0.1) is 6.04 Å². The summed E-state index contributed by atoms with van der Waals surface area (Å²) in [6.45, 7) is 6.27. The number of nitrogens with two attached hydrogens (primary N) is 1. The van der Waals surface area contributed by atoms with Crippen LogP contribution in [-0.4, -0.2) is 35.0 Å². The molecule has 20 heavy (non-hydrogen) atoms. The third-order valence-corrected chi connectivity index (χ3v) is 5.24. The smallest absolute Gasteiger partial charge is 0.130 e. The van der Waals surface area contributed by atoms with Crippen LogP contribution in [0.3, 0.4) is 0 Å². The lowest BCUT2D eigenvalue weighted by molar-refractivity contribution is 0.202. The van der Waals surface area contributed by atoms with Crippen molar-refractivity contribution in [3.63, 3.8) is 0 Å². The van der Waals surface area contributed by atoms with Crippen molar-refractivity contribution < 1.29 is 8.78 Å². The van der Waals surface area contributed by atoms with E-state index in [1.54, 1.807) is 0 Å². The molecule has 0 amide bonds. The van der Waals surface area contributed by atoms with Crippen molar-refractivity contribution in [2.45, 2.75) is 31.1 Å². The van der Waals surface area contributed by atoms with Crippen LogP contribution in [0.25, 0.3) is 0 Å². The van der Waals surface area contributed by atoms with E-state index in [9.17, 15) is 8.78 Å². The summed E-state index contributed by atoms with van der Waals surface area (Å²) in [7, 11) is 0. The van der Waals surface area contributed by atoms with Crippen LogP contribution < -0.4 is 5.73 Å². The third kappa shape index (κ3) is 3.51.